The summed E-state index contributed by atoms with van der Waals surface area (Å²) in [6, 6.07) is 7.85. The van der Waals surface area contributed by atoms with Crippen LogP contribution in [-0.4, -0.2) is 74.0 Å². The molecular weight excluding hydrogens is 250 g/mol. The molecule has 1 heterocycles. The molecule has 0 aliphatic carbocycles. The summed E-state index contributed by atoms with van der Waals surface area (Å²) >= 11 is 0. The van der Waals surface area contributed by atoms with Gasteiger partial charge in [-0.3, -0.25) is 9.69 Å². The highest BCUT2D eigenvalue weighted by atomic mass is 16.2. The quantitative estimate of drug-likeness (QED) is 0.829. The molecule has 4 heteroatoms. The lowest BCUT2D eigenvalue weighted by atomic mass is 10.1. The van der Waals surface area contributed by atoms with Gasteiger partial charge in [-0.2, -0.15) is 0 Å². The lowest BCUT2D eigenvalue weighted by Crippen LogP contribution is -2.49. The van der Waals surface area contributed by atoms with E-state index in [0.717, 1.165) is 44.8 Å². The predicted molar refractivity (Wildman–Crippen MR) is 82.1 cm³/mol. The molecule has 1 aromatic rings. The molecule has 4 nitrogen and oxygen atoms in total. The Labute approximate surface area is 122 Å². The number of rotatable bonds is 4. The van der Waals surface area contributed by atoms with E-state index in [1.165, 1.54) is 5.56 Å². The zero-order valence-corrected chi connectivity index (χ0v) is 12.8. The molecule has 0 radical (unpaired) electrons. The third-order valence-corrected chi connectivity index (χ3v) is 3.82. The van der Waals surface area contributed by atoms with E-state index in [2.05, 4.69) is 23.9 Å². The van der Waals surface area contributed by atoms with E-state index >= 15 is 0 Å². The highest BCUT2D eigenvalue weighted by Crippen LogP contribution is 2.10. The summed E-state index contributed by atoms with van der Waals surface area (Å²) in [5, 5.41) is 0. The van der Waals surface area contributed by atoms with Gasteiger partial charge in [0.2, 0.25) is 0 Å². The van der Waals surface area contributed by atoms with E-state index in [0.29, 0.717) is 0 Å². The van der Waals surface area contributed by atoms with E-state index in [9.17, 15) is 4.79 Å². The Morgan fingerprint density at radius 1 is 1.10 bits per heavy atom. The van der Waals surface area contributed by atoms with Crippen LogP contribution < -0.4 is 0 Å². The van der Waals surface area contributed by atoms with Gasteiger partial charge in [0.15, 0.2) is 0 Å². The predicted octanol–water partition coefficient (Wildman–Crippen LogP) is 1.31. The van der Waals surface area contributed by atoms with E-state index in [1.54, 1.807) is 0 Å². The summed E-state index contributed by atoms with van der Waals surface area (Å²) < 4.78 is 0. The lowest BCUT2D eigenvalue weighted by Gasteiger charge is -2.35. The number of amides is 1. The SMILES string of the molecule is Cc1ccc(C(=O)N2CCN(CCN(C)C)CC2)cc1. The first-order chi connectivity index (χ1) is 9.56. The van der Waals surface area contributed by atoms with Gasteiger partial charge < -0.3 is 9.80 Å². The number of likely N-dealkylation sites (N-methyl/N-ethyl adjacent to an activating group) is 1. The number of carbonyl (C=O) groups is 1. The highest BCUT2D eigenvalue weighted by molar-refractivity contribution is 5.94. The van der Waals surface area contributed by atoms with E-state index in [-0.39, 0.29) is 5.91 Å². The minimum atomic E-state index is 0.164. The maximum absolute atomic E-state index is 12.4. The van der Waals surface area contributed by atoms with Crippen LogP contribution in [0.5, 0.6) is 0 Å². The molecule has 110 valence electrons. The third-order valence-electron chi connectivity index (χ3n) is 3.82. The molecule has 1 aliphatic rings. The fourth-order valence-corrected chi connectivity index (χ4v) is 2.39. The maximum Gasteiger partial charge on any atom is 0.253 e. The van der Waals surface area contributed by atoms with Gasteiger partial charge >= 0.3 is 0 Å². The van der Waals surface area contributed by atoms with Crippen molar-refractivity contribution in [1.82, 2.24) is 14.7 Å². The average molecular weight is 275 g/mol. The average Bonchev–Trinajstić information content (AvgIpc) is 2.46. The topological polar surface area (TPSA) is 26.8 Å². The van der Waals surface area contributed by atoms with Crippen molar-refractivity contribution in [3.05, 3.63) is 35.4 Å². The number of nitrogens with zero attached hydrogens (tertiary/aromatic N) is 3. The molecular formula is C16H25N3O. The number of carbonyl (C=O) groups excluding carboxylic acids is 1. The van der Waals surface area contributed by atoms with Crippen LogP contribution in [0, 0.1) is 6.92 Å². The second kappa shape index (κ2) is 6.86. The highest BCUT2D eigenvalue weighted by Gasteiger charge is 2.21. The Bertz CT molecular complexity index is 434. The number of hydrogen-bond donors (Lipinski definition) is 0. The molecule has 0 unspecified atom stereocenters. The monoisotopic (exact) mass is 275 g/mol. The number of benzene rings is 1. The first kappa shape index (κ1) is 15.0. The summed E-state index contributed by atoms with van der Waals surface area (Å²) in [7, 11) is 4.19. The summed E-state index contributed by atoms with van der Waals surface area (Å²) in [6.45, 7) is 7.82. The lowest BCUT2D eigenvalue weighted by molar-refractivity contribution is 0.0630. The van der Waals surface area contributed by atoms with Crippen LogP contribution in [0.25, 0.3) is 0 Å². The van der Waals surface area contributed by atoms with Crippen molar-refractivity contribution in [1.29, 1.82) is 0 Å². The number of piperazine rings is 1. The van der Waals surface area contributed by atoms with Crippen molar-refractivity contribution >= 4 is 5.91 Å². The molecule has 20 heavy (non-hydrogen) atoms. The first-order valence-corrected chi connectivity index (χ1v) is 7.29. The van der Waals surface area contributed by atoms with Crippen LogP contribution >= 0.6 is 0 Å². The summed E-state index contributed by atoms with van der Waals surface area (Å²) in [5.74, 6) is 0.164. The molecule has 1 aliphatic heterocycles. The molecule has 2 rings (SSSR count). The molecule has 1 fully saturated rings. The van der Waals surface area contributed by atoms with Crippen molar-refractivity contribution in [2.45, 2.75) is 6.92 Å². The van der Waals surface area contributed by atoms with Gasteiger partial charge in [-0.15, -0.1) is 0 Å². The van der Waals surface area contributed by atoms with Crippen LogP contribution in [0.2, 0.25) is 0 Å². The minimum Gasteiger partial charge on any atom is -0.336 e. The normalized spacial score (nSPS) is 16.7. The molecule has 0 N–H and O–H groups in total. The molecule has 1 aromatic carbocycles. The maximum atomic E-state index is 12.4. The zero-order chi connectivity index (χ0) is 14.5. The second-order valence-electron chi connectivity index (χ2n) is 5.80. The van der Waals surface area contributed by atoms with Crippen molar-refractivity contribution in [3.8, 4) is 0 Å². The first-order valence-electron chi connectivity index (χ1n) is 7.29. The molecule has 0 spiro atoms. The van der Waals surface area contributed by atoms with Crippen molar-refractivity contribution in [2.75, 3.05) is 53.4 Å². The van der Waals surface area contributed by atoms with Gasteiger partial charge in [0.25, 0.3) is 5.91 Å². The van der Waals surface area contributed by atoms with Crippen LogP contribution in [0.1, 0.15) is 15.9 Å². The molecule has 0 aromatic heterocycles. The van der Waals surface area contributed by atoms with E-state index in [1.807, 2.05) is 36.1 Å². The molecule has 0 saturated carbocycles. The van der Waals surface area contributed by atoms with Gasteiger partial charge in [-0.1, -0.05) is 17.7 Å². The van der Waals surface area contributed by atoms with Gasteiger partial charge in [-0.05, 0) is 33.2 Å². The van der Waals surface area contributed by atoms with E-state index < -0.39 is 0 Å². The van der Waals surface area contributed by atoms with Gasteiger partial charge in [0.1, 0.15) is 0 Å². The Morgan fingerprint density at radius 3 is 2.25 bits per heavy atom. The molecule has 1 saturated heterocycles. The second-order valence-corrected chi connectivity index (χ2v) is 5.80. The third kappa shape index (κ3) is 4.05. The van der Waals surface area contributed by atoms with Crippen LogP contribution in [0.15, 0.2) is 24.3 Å². The fraction of sp³-hybridized carbons (Fsp3) is 0.562. The van der Waals surface area contributed by atoms with Crippen LogP contribution in [-0.2, 0) is 0 Å². The summed E-state index contributed by atoms with van der Waals surface area (Å²) in [4.78, 5) is 19.0. The Kier molecular flexibility index (Phi) is 5.15. The smallest absolute Gasteiger partial charge is 0.253 e. The van der Waals surface area contributed by atoms with Crippen LogP contribution in [0.3, 0.4) is 0 Å². The minimum absolute atomic E-state index is 0.164. The fourth-order valence-electron chi connectivity index (χ4n) is 2.39. The van der Waals surface area contributed by atoms with E-state index in [4.69, 9.17) is 0 Å². The van der Waals surface area contributed by atoms with Crippen molar-refractivity contribution in [2.24, 2.45) is 0 Å². The van der Waals surface area contributed by atoms with Crippen LogP contribution in [0.4, 0.5) is 0 Å². The standard InChI is InChI=1S/C16H25N3O/c1-14-4-6-15(7-5-14)16(20)19-12-10-18(11-13-19)9-8-17(2)3/h4-7H,8-13H2,1-3H3. The summed E-state index contributed by atoms with van der Waals surface area (Å²) in [6.07, 6.45) is 0. The van der Waals surface area contributed by atoms with Crippen molar-refractivity contribution < 1.29 is 4.79 Å². The Hall–Kier alpha value is -1.39. The number of hydrogen-bond acceptors (Lipinski definition) is 3. The summed E-state index contributed by atoms with van der Waals surface area (Å²) in [5.41, 5.74) is 1.99. The Morgan fingerprint density at radius 2 is 1.70 bits per heavy atom. The van der Waals surface area contributed by atoms with Crippen molar-refractivity contribution in [3.63, 3.8) is 0 Å². The van der Waals surface area contributed by atoms with Gasteiger partial charge in [0.05, 0.1) is 0 Å². The van der Waals surface area contributed by atoms with Gasteiger partial charge in [-0.25, -0.2) is 0 Å². The molecule has 1 amide bonds. The number of aryl methyl sites for hydroxylation is 1. The molecule has 0 bridgehead atoms. The molecule has 0 atom stereocenters. The Balaban J connectivity index is 1.84. The largest absolute Gasteiger partial charge is 0.336 e. The zero-order valence-electron chi connectivity index (χ0n) is 12.8. The van der Waals surface area contributed by atoms with Gasteiger partial charge in [0, 0.05) is 44.8 Å².